The van der Waals surface area contributed by atoms with Crippen LogP contribution < -0.4 is 20.9 Å². The SMILES string of the molecule is Nc1ccc(N2CCN([C@H]3CCN(CC4CCN(c5ccc6c(c5)C(=O)N(C5CCC(=O)NC5=O)C6)CC4)C[C@H]3F)CC2)cc1. The zero-order valence-electron chi connectivity index (χ0n) is 25.9. The van der Waals surface area contributed by atoms with Gasteiger partial charge in [-0.3, -0.25) is 24.6 Å². The second kappa shape index (κ2) is 12.6. The van der Waals surface area contributed by atoms with Gasteiger partial charge in [0.05, 0.1) is 0 Å². The predicted octanol–water partition coefficient (Wildman–Crippen LogP) is 2.48. The molecule has 0 bridgehead atoms. The molecule has 45 heavy (non-hydrogen) atoms. The van der Waals surface area contributed by atoms with Gasteiger partial charge < -0.3 is 25.3 Å². The molecule has 0 aromatic heterocycles. The molecule has 10 nitrogen and oxygen atoms in total. The van der Waals surface area contributed by atoms with E-state index >= 15 is 4.39 Å². The Balaban J connectivity index is 0.868. The molecular formula is C34H44FN7O3. The number of nitrogens with one attached hydrogen (secondary N) is 1. The lowest BCUT2D eigenvalue weighted by molar-refractivity contribution is -0.136. The second-order valence-electron chi connectivity index (χ2n) is 13.4. The number of carbonyl (C=O) groups is 3. The molecule has 0 aliphatic carbocycles. The third kappa shape index (κ3) is 6.24. The number of piperazine rings is 1. The summed E-state index contributed by atoms with van der Waals surface area (Å²) in [7, 11) is 0. The Morgan fingerprint density at radius 2 is 1.53 bits per heavy atom. The van der Waals surface area contributed by atoms with Gasteiger partial charge in [-0.05, 0) is 80.1 Å². The van der Waals surface area contributed by atoms with E-state index in [1.807, 2.05) is 24.3 Å². The van der Waals surface area contributed by atoms with Gasteiger partial charge in [-0.15, -0.1) is 0 Å². The number of rotatable bonds is 6. The zero-order chi connectivity index (χ0) is 31.1. The van der Waals surface area contributed by atoms with Crippen molar-refractivity contribution in [3.05, 3.63) is 53.6 Å². The molecule has 7 rings (SSSR count). The summed E-state index contributed by atoms with van der Waals surface area (Å²) < 4.78 is 15.5. The summed E-state index contributed by atoms with van der Waals surface area (Å²) in [6.45, 7) is 8.20. The van der Waals surface area contributed by atoms with Crippen molar-refractivity contribution in [3.63, 3.8) is 0 Å². The van der Waals surface area contributed by atoms with E-state index in [0.29, 0.717) is 31.0 Å². The average Bonchev–Trinajstić information content (AvgIpc) is 3.37. The molecule has 3 N–H and O–H groups in total. The lowest BCUT2D eigenvalue weighted by Gasteiger charge is -2.45. The summed E-state index contributed by atoms with van der Waals surface area (Å²) in [6.07, 6.45) is 2.75. The quantitative estimate of drug-likeness (QED) is 0.377. The third-order valence-corrected chi connectivity index (χ3v) is 10.6. The van der Waals surface area contributed by atoms with E-state index < -0.39 is 12.2 Å². The van der Waals surface area contributed by atoms with E-state index in [0.717, 1.165) is 88.6 Å². The van der Waals surface area contributed by atoms with Crippen LogP contribution in [0.15, 0.2) is 42.5 Å². The molecule has 0 spiro atoms. The highest BCUT2D eigenvalue weighted by Gasteiger charge is 2.40. The molecule has 5 heterocycles. The number of amides is 3. The lowest BCUT2D eigenvalue weighted by Crippen LogP contribution is -2.58. The summed E-state index contributed by atoms with van der Waals surface area (Å²) in [6, 6.07) is 13.5. The van der Waals surface area contributed by atoms with Gasteiger partial charge in [0.1, 0.15) is 12.2 Å². The van der Waals surface area contributed by atoms with Crippen LogP contribution in [0.25, 0.3) is 0 Å². The number of alkyl halides is 1. The van der Waals surface area contributed by atoms with Crippen molar-refractivity contribution in [3.8, 4) is 0 Å². The Kier molecular flexibility index (Phi) is 8.39. The fourth-order valence-electron chi connectivity index (χ4n) is 8.01. The van der Waals surface area contributed by atoms with Crippen molar-refractivity contribution < 1.29 is 18.8 Å². The number of nitrogen functional groups attached to an aromatic ring is 1. The fourth-order valence-corrected chi connectivity index (χ4v) is 8.01. The van der Waals surface area contributed by atoms with E-state index in [9.17, 15) is 14.4 Å². The Labute approximate surface area is 264 Å². The second-order valence-corrected chi connectivity index (χ2v) is 13.4. The monoisotopic (exact) mass is 617 g/mol. The van der Waals surface area contributed by atoms with E-state index in [1.165, 1.54) is 5.69 Å². The maximum atomic E-state index is 15.5. The predicted molar refractivity (Wildman–Crippen MR) is 172 cm³/mol. The number of hydrogen-bond acceptors (Lipinski definition) is 8. The summed E-state index contributed by atoms with van der Waals surface area (Å²) in [5.74, 6) is -0.261. The van der Waals surface area contributed by atoms with E-state index in [-0.39, 0.29) is 30.2 Å². The van der Waals surface area contributed by atoms with Crippen LogP contribution >= 0.6 is 0 Å². The number of anilines is 3. The summed E-state index contributed by atoms with van der Waals surface area (Å²) >= 11 is 0. The minimum Gasteiger partial charge on any atom is -0.399 e. The van der Waals surface area contributed by atoms with Gasteiger partial charge in [0.2, 0.25) is 11.8 Å². The van der Waals surface area contributed by atoms with E-state index in [1.54, 1.807) is 4.90 Å². The molecule has 2 aromatic carbocycles. The molecule has 5 aliphatic heterocycles. The van der Waals surface area contributed by atoms with E-state index in [2.05, 4.69) is 43.1 Å². The standard InChI is InChI=1S/C34H44FN7O3/c35-29-22-38(12-11-30(29)41-17-15-40(16-18-41)26-5-2-25(36)3-6-26)20-23-9-13-39(14-10-23)27-4-1-24-21-42(34(45)28(24)19-27)31-7-8-32(43)37-33(31)44/h1-6,19,23,29-31H,7-18,20-22,36H2,(H,37,43,44)/t29-,30+,31?/m1/s1. The maximum absolute atomic E-state index is 15.5. The molecule has 4 fully saturated rings. The van der Waals surface area contributed by atoms with Crippen LogP contribution in [-0.4, -0.2) is 110 Å². The maximum Gasteiger partial charge on any atom is 0.255 e. The highest BCUT2D eigenvalue weighted by molar-refractivity contribution is 6.05. The molecular weight excluding hydrogens is 573 g/mol. The number of likely N-dealkylation sites (tertiary alicyclic amines) is 1. The van der Waals surface area contributed by atoms with Crippen molar-refractivity contribution in [1.29, 1.82) is 0 Å². The topological polar surface area (TPSA) is 105 Å². The minimum absolute atomic E-state index is 0.00472. The molecule has 240 valence electrons. The van der Waals surface area contributed by atoms with Crippen LogP contribution in [0.2, 0.25) is 0 Å². The molecule has 11 heteroatoms. The first-order chi connectivity index (χ1) is 21.8. The Hall–Kier alpha value is -3.70. The Morgan fingerprint density at radius 1 is 0.822 bits per heavy atom. The highest BCUT2D eigenvalue weighted by Crippen LogP contribution is 2.33. The van der Waals surface area contributed by atoms with Crippen molar-refractivity contribution in [1.82, 2.24) is 20.0 Å². The van der Waals surface area contributed by atoms with Gasteiger partial charge in [0.15, 0.2) is 0 Å². The third-order valence-electron chi connectivity index (χ3n) is 10.6. The molecule has 1 unspecified atom stereocenters. The molecule has 0 saturated carbocycles. The minimum atomic E-state index is -0.828. The van der Waals surface area contributed by atoms with Gasteiger partial charge >= 0.3 is 0 Å². The smallest absolute Gasteiger partial charge is 0.255 e. The number of benzene rings is 2. The normalized spacial score (nSPS) is 27.2. The van der Waals surface area contributed by atoms with Crippen molar-refractivity contribution in [2.45, 2.75) is 56.9 Å². The largest absolute Gasteiger partial charge is 0.399 e. The summed E-state index contributed by atoms with van der Waals surface area (Å²) in [5.41, 5.74) is 10.4. The van der Waals surface area contributed by atoms with Crippen LogP contribution in [0.3, 0.4) is 0 Å². The molecule has 4 saturated heterocycles. The number of hydrogen-bond donors (Lipinski definition) is 2. The van der Waals surface area contributed by atoms with Gasteiger partial charge in [0.25, 0.3) is 5.91 Å². The van der Waals surface area contributed by atoms with Crippen LogP contribution in [0, 0.1) is 5.92 Å². The molecule has 2 aromatic rings. The lowest BCUT2D eigenvalue weighted by atomic mass is 9.93. The summed E-state index contributed by atoms with van der Waals surface area (Å²) in [5, 5.41) is 2.37. The Morgan fingerprint density at radius 3 is 2.24 bits per heavy atom. The number of nitrogens with zero attached hydrogens (tertiary/aromatic N) is 5. The fraction of sp³-hybridized carbons (Fsp3) is 0.559. The van der Waals surface area contributed by atoms with Crippen molar-refractivity contribution >= 4 is 34.8 Å². The first-order valence-corrected chi connectivity index (χ1v) is 16.6. The highest BCUT2D eigenvalue weighted by atomic mass is 19.1. The first-order valence-electron chi connectivity index (χ1n) is 16.6. The van der Waals surface area contributed by atoms with Crippen LogP contribution in [0.5, 0.6) is 0 Å². The Bertz CT molecular complexity index is 1420. The van der Waals surface area contributed by atoms with Crippen LogP contribution in [-0.2, 0) is 16.1 Å². The van der Waals surface area contributed by atoms with Crippen molar-refractivity contribution in [2.24, 2.45) is 5.92 Å². The zero-order valence-corrected chi connectivity index (χ0v) is 25.9. The molecule has 3 amide bonds. The molecule has 3 atom stereocenters. The molecule has 0 radical (unpaired) electrons. The number of nitrogens with two attached hydrogens (primary N) is 1. The number of halogens is 1. The van der Waals surface area contributed by atoms with Crippen LogP contribution in [0.4, 0.5) is 21.5 Å². The number of imide groups is 1. The van der Waals surface area contributed by atoms with E-state index in [4.69, 9.17) is 5.73 Å². The van der Waals surface area contributed by atoms with Crippen LogP contribution in [0.1, 0.15) is 48.0 Å². The molecule has 5 aliphatic rings. The number of carbonyl (C=O) groups excluding carboxylic acids is 3. The average molecular weight is 618 g/mol. The first kappa shape index (κ1) is 30.0. The van der Waals surface area contributed by atoms with Gasteiger partial charge in [-0.25, -0.2) is 4.39 Å². The van der Waals surface area contributed by atoms with Gasteiger partial charge in [-0.1, -0.05) is 6.07 Å². The summed E-state index contributed by atoms with van der Waals surface area (Å²) in [4.78, 5) is 48.2. The van der Waals surface area contributed by atoms with Gasteiger partial charge in [-0.2, -0.15) is 0 Å². The van der Waals surface area contributed by atoms with Crippen molar-refractivity contribution in [2.75, 3.05) is 74.4 Å². The number of fused-ring (bicyclic) bond motifs is 1. The number of piperidine rings is 3. The van der Waals surface area contributed by atoms with Gasteiger partial charge in [0, 0.05) is 94.0 Å².